The van der Waals surface area contributed by atoms with E-state index in [0.717, 1.165) is 5.56 Å². The molecule has 1 aliphatic rings. The average Bonchev–Trinajstić information content (AvgIpc) is 2.32. The SMILES string of the molecule is CN1C(=O)CCC(C(=O)O)C1c1cccc(Cl)c1. The van der Waals surface area contributed by atoms with Crippen LogP contribution in [0.1, 0.15) is 24.4 Å². The quantitative estimate of drug-likeness (QED) is 0.895. The fraction of sp³-hybridized carbons (Fsp3) is 0.385. The van der Waals surface area contributed by atoms with Crippen LogP contribution in [0.5, 0.6) is 0 Å². The molecule has 1 aromatic rings. The molecule has 0 radical (unpaired) electrons. The standard InChI is InChI=1S/C13H14ClNO3/c1-15-11(16)6-5-10(13(17)18)12(15)8-3-2-4-9(14)7-8/h2-4,7,10,12H,5-6H2,1H3,(H,17,18). The maximum atomic E-state index is 11.7. The zero-order chi connectivity index (χ0) is 13.3. The van der Waals surface area contributed by atoms with Crippen molar-refractivity contribution in [2.75, 3.05) is 7.05 Å². The van der Waals surface area contributed by atoms with E-state index in [9.17, 15) is 14.7 Å². The molecule has 2 rings (SSSR count). The fourth-order valence-electron chi connectivity index (χ4n) is 2.44. The Morgan fingerprint density at radius 2 is 2.22 bits per heavy atom. The molecule has 1 heterocycles. The lowest BCUT2D eigenvalue weighted by Gasteiger charge is -2.37. The van der Waals surface area contributed by atoms with E-state index in [4.69, 9.17) is 11.6 Å². The van der Waals surface area contributed by atoms with E-state index in [1.54, 1.807) is 25.2 Å². The average molecular weight is 268 g/mol. The summed E-state index contributed by atoms with van der Waals surface area (Å²) in [6, 6.07) is 6.58. The van der Waals surface area contributed by atoms with E-state index in [0.29, 0.717) is 11.4 Å². The van der Waals surface area contributed by atoms with Crippen molar-refractivity contribution < 1.29 is 14.7 Å². The molecule has 1 aromatic carbocycles. The number of carboxylic acids is 1. The van der Waals surface area contributed by atoms with Crippen molar-refractivity contribution in [3.63, 3.8) is 0 Å². The smallest absolute Gasteiger partial charge is 0.308 e. The third-order valence-corrected chi connectivity index (χ3v) is 3.60. The lowest BCUT2D eigenvalue weighted by molar-refractivity contribution is -0.150. The molecule has 0 spiro atoms. The Kier molecular flexibility index (Phi) is 3.57. The highest BCUT2D eigenvalue weighted by atomic mass is 35.5. The molecule has 5 heteroatoms. The minimum Gasteiger partial charge on any atom is -0.481 e. The Labute approximate surface area is 110 Å². The van der Waals surface area contributed by atoms with Gasteiger partial charge in [0.2, 0.25) is 5.91 Å². The zero-order valence-corrected chi connectivity index (χ0v) is 10.7. The van der Waals surface area contributed by atoms with Crippen LogP contribution >= 0.6 is 11.6 Å². The van der Waals surface area contributed by atoms with Crippen LogP contribution in [-0.4, -0.2) is 28.9 Å². The number of amides is 1. The molecule has 1 aliphatic heterocycles. The molecule has 1 fully saturated rings. The monoisotopic (exact) mass is 267 g/mol. The van der Waals surface area contributed by atoms with Crippen LogP contribution in [0.3, 0.4) is 0 Å². The second-order valence-corrected chi connectivity index (χ2v) is 4.92. The molecule has 18 heavy (non-hydrogen) atoms. The number of likely N-dealkylation sites (tertiary alicyclic amines) is 1. The van der Waals surface area contributed by atoms with Gasteiger partial charge in [0.05, 0.1) is 12.0 Å². The van der Waals surface area contributed by atoms with E-state index in [2.05, 4.69) is 0 Å². The maximum Gasteiger partial charge on any atom is 0.308 e. The number of carbonyl (C=O) groups excluding carboxylic acids is 1. The topological polar surface area (TPSA) is 57.6 Å². The van der Waals surface area contributed by atoms with Gasteiger partial charge in [0.25, 0.3) is 0 Å². The van der Waals surface area contributed by atoms with Crippen LogP contribution in [-0.2, 0) is 9.59 Å². The Morgan fingerprint density at radius 1 is 1.50 bits per heavy atom. The minimum atomic E-state index is -0.876. The Morgan fingerprint density at radius 3 is 2.83 bits per heavy atom. The van der Waals surface area contributed by atoms with Crippen molar-refractivity contribution in [1.82, 2.24) is 4.90 Å². The van der Waals surface area contributed by atoms with Gasteiger partial charge in [0.15, 0.2) is 0 Å². The number of nitrogens with zero attached hydrogens (tertiary/aromatic N) is 1. The third kappa shape index (κ3) is 2.34. The predicted octanol–water partition coefficient (Wildman–Crippen LogP) is 2.33. The molecule has 0 saturated carbocycles. The third-order valence-electron chi connectivity index (χ3n) is 3.37. The number of hydrogen-bond acceptors (Lipinski definition) is 2. The highest BCUT2D eigenvalue weighted by molar-refractivity contribution is 6.30. The molecule has 2 atom stereocenters. The molecule has 1 amide bonds. The summed E-state index contributed by atoms with van der Waals surface area (Å²) >= 11 is 5.92. The number of hydrogen-bond donors (Lipinski definition) is 1. The summed E-state index contributed by atoms with van der Waals surface area (Å²) in [6.45, 7) is 0. The molecule has 1 N–H and O–H groups in total. The zero-order valence-electron chi connectivity index (χ0n) is 9.97. The maximum absolute atomic E-state index is 11.7. The molecule has 1 saturated heterocycles. The predicted molar refractivity (Wildman–Crippen MR) is 67.3 cm³/mol. The van der Waals surface area contributed by atoms with Crippen LogP contribution in [0.2, 0.25) is 5.02 Å². The Bertz CT molecular complexity index is 489. The van der Waals surface area contributed by atoms with Gasteiger partial charge in [-0.1, -0.05) is 23.7 Å². The molecule has 0 aliphatic carbocycles. The van der Waals surface area contributed by atoms with Crippen molar-refractivity contribution in [3.8, 4) is 0 Å². The minimum absolute atomic E-state index is 0.0301. The van der Waals surface area contributed by atoms with Gasteiger partial charge in [-0.2, -0.15) is 0 Å². The van der Waals surface area contributed by atoms with E-state index in [1.165, 1.54) is 4.90 Å². The van der Waals surface area contributed by atoms with Gasteiger partial charge in [-0.25, -0.2) is 0 Å². The molecule has 0 aromatic heterocycles. The lowest BCUT2D eigenvalue weighted by Crippen LogP contribution is -2.42. The number of benzene rings is 1. The summed E-state index contributed by atoms with van der Waals surface area (Å²) in [7, 11) is 1.64. The molecule has 96 valence electrons. The Balaban J connectivity index is 2.41. The number of carboxylic acid groups (broad SMARTS) is 1. The van der Waals surface area contributed by atoms with Gasteiger partial charge >= 0.3 is 5.97 Å². The number of rotatable bonds is 2. The highest BCUT2D eigenvalue weighted by Gasteiger charge is 2.38. The molecule has 4 nitrogen and oxygen atoms in total. The van der Waals surface area contributed by atoms with Crippen molar-refractivity contribution in [2.24, 2.45) is 5.92 Å². The molecular weight excluding hydrogens is 254 g/mol. The normalized spacial score (nSPS) is 24.1. The van der Waals surface area contributed by atoms with Gasteiger partial charge in [0, 0.05) is 18.5 Å². The summed E-state index contributed by atoms with van der Waals surface area (Å²) in [5, 5.41) is 9.82. The highest BCUT2D eigenvalue weighted by Crippen LogP contribution is 2.36. The van der Waals surface area contributed by atoms with Crippen molar-refractivity contribution in [3.05, 3.63) is 34.9 Å². The fourth-order valence-corrected chi connectivity index (χ4v) is 2.64. The first-order chi connectivity index (χ1) is 8.50. The first-order valence-corrected chi connectivity index (χ1v) is 6.12. The number of piperidine rings is 1. The molecule has 0 bridgehead atoms. The summed E-state index contributed by atoms with van der Waals surface area (Å²) in [5.41, 5.74) is 0.769. The van der Waals surface area contributed by atoms with Gasteiger partial charge in [0.1, 0.15) is 0 Å². The van der Waals surface area contributed by atoms with Crippen LogP contribution in [0.15, 0.2) is 24.3 Å². The van der Waals surface area contributed by atoms with Gasteiger partial charge in [-0.15, -0.1) is 0 Å². The summed E-state index contributed by atoms with van der Waals surface area (Å²) in [5.74, 6) is -1.48. The van der Waals surface area contributed by atoms with E-state index in [-0.39, 0.29) is 12.3 Å². The first-order valence-electron chi connectivity index (χ1n) is 5.74. The molecule has 2 unspecified atom stereocenters. The number of carbonyl (C=O) groups is 2. The second kappa shape index (κ2) is 4.98. The van der Waals surface area contributed by atoms with Crippen LogP contribution in [0.25, 0.3) is 0 Å². The van der Waals surface area contributed by atoms with Crippen LogP contribution in [0.4, 0.5) is 0 Å². The van der Waals surface area contributed by atoms with Gasteiger partial charge in [-0.3, -0.25) is 9.59 Å². The Hall–Kier alpha value is -1.55. The number of halogens is 1. The van der Waals surface area contributed by atoms with E-state index < -0.39 is 17.9 Å². The first kappa shape index (κ1) is 12.9. The van der Waals surface area contributed by atoms with Crippen molar-refractivity contribution >= 4 is 23.5 Å². The van der Waals surface area contributed by atoms with Crippen molar-refractivity contribution in [1.29, 1.82) is 0 Å². The van der Waals surface area contributed by atoms with E-state index >= 15 is 0 Å². The van der Waals surface area contributed by atoms with Crippen molar-refractivity contribution in [2.45, 2.75) is 18.9 Å². The van der Waals surface area contributed by atoms with Crippen LogP contribution in [0, 0.1) is 5.92 Å². The van der Waals surface area contributed by atoms with Crippen LogP contribution < -0.4 is 0 Å². The molecular formula is C13H14ClNO3. The second-order valence-electron chi connectivity index (χ2n) is 4.49. The largest absolute Gasteiger partial charge is 0.481 e. The number of aliphatic carboxylic acids is 1. The summed E-state index contributed by atoms with van der Waals surface area (Å²) in [6.07, 6.45) is 0.653. The van der Waals surface area contributed by atoms with Gasteiger partial charge < -0.3 is 10.0 Å². The van der Waals surface area contributed by atoms with Gasteiger partial charge in [-0.05, 0) is 24.1 Å². The summed E-state index contributed by atoms with van der Waals surface area (Å²) < 4.78 is 0. The van der Waals surface area contributed by atoms with E-state index in [1.807, 2.05) is 6.07 Å². The summed E-state index contributed by atoms with van der Waals surface area (Å²) in [4.78, 5) is 24.5. The lowest BCUT2D eigenvalue weighted by atomic mass is 9.85.